The summed E-state index contributed by atoms with van der Waals surface area (Å²) < 4.78 is 4.77. The molecule has 0 radical (unpaired) electrons. The van der Waals surface area contributed by atoms with Gasteiger partial charge in [-0.2, -0.15) is 0 Å². The van der Waals surface area contributed by atoms with Crippen LogP contribution in [0.4, 0.5) is 0 Å². The predicted octanol–water partition coefficient (Wildman–Crippen LogP) is 0.467. The van der Waals surface area contributed by atoms with Gasteiger partial charge in [-0.3, -0.25) is 9.59 Å². The highest BCUT2D eigenvalue weighted by Gasteiger charge is 2.17. The highest BCUT2D eigenvalue weighted by molar-refractivity contribution is 6.00. The Bertz CT molecular complexity index is 499. The molecule has 2 amide bonds. The zero-order valence-electron chi connectivity index (χ0n) is 10.8. The minimum atomic E-state index is -0.760. The van der Waals surface area contributed by atoms with Crippen LogP contribution in [0, 0.1) is 0 Å². The lowest BCUT2D eigenvalue weighted by Crippen LogP contribution is -2.39. The predicted molar refractivity (Wildman–Crippen MR) is 68.5 cm³/mol. The van der Waals surface area contributed by atoms with Crippen molar-refractivity contribution in [1.82, 2.24) is 5.32 Å². The van der Waals surface area contributed by atoms with Gasteiger partial charge in [0.1, 0.15) is 6.04 Å². The molecule has 1 unspecified atom stereocenters. The number of esters is 1. The van der Waals surface area contributed by atoms with Gasteiger partial charge in [-0.1, -0.05) is 6.07 Å². The maximum Gasteiger partial charge on any atom is 0.328 e. The fourth-order valence-electron chi connectivity index (χ4n) is 1.42. The molecule has 0 aliphatic carbocycles. The number of amides is 2. The van der Waals surface area contributed by atoms with Gasteiger partial charge in [0.05, 0.1) is 6.61 Å². The molecule has 1 aromatic rings. The Hall–Kier alpha value is -2.37. The number of hydrogen-bond donors (Lipinski definition) is 2. The molecule has 0 saturated carbocycles. The molecule has 6 nitrogen and oxygen atoms in total. The first-order valence-corrected chi connectivity index (χ1v) is 5.83. The molecule has 0 fully saturated rings. The molecule has 3 N–H and O–H groups in total. The first-order chi connectivity index (χ1) is 8.95. The van der Waals surface area contributed by atoms with Crippen LogP contribution in [0.3, 0.4) is 0 Å². The van der Waals surface area contributed by atoms with Gasteiger partial charge in [0, 0.05) is 11.1 Å². The van der Waals surface area contributed by atoms with Gasteiger partial charge in [0.15, 0.2) is 0 Å². The second-order valence-electron chi connectivity index (χ2n) is 3.89. The fraction of sp³-hybridized carbons (Fsp3) is 0.308. The molecule has 0 spiro atoms. The van der Waals surface area contributed by atoms with Gasteiger partial charge < -0.3 is 15.8 Å². The standard InChI is InChI=1S/C13H16N2O4/c1-3-19-13(18)8(2)15-12(17)10-6-4-5-9(7-10)11(14)16/h4-8H,3H2,1-2H3,(H2,14,16)(H,15,17). The van der Waals surface area contributed by atoms with Crippen molar-refractivity contribution in [1.29, 1.82) is 0 Å². The molecule has 1 atom stereocenters. The number of primary amides is 1. The average Bonchev–Trinajstić information content (AvgIpc) is 2.39. The lowest BCUT2D eigenvalue weighted by atomic mass is 10.1. The number of carbonyl (C=O) groups is 3. The number of hydrogen-bond acceptors (Lipinski definition) is 4. The van der Waals surface area contributed by atoms with Gasteiger partial charge in [-0.05, 0) is 32.0 Å². The van der Waals surface area contributed by atoms with Crippen molar-refractivity contribution in [3.63, 3.8) is 0 Å². The minimum Gasteiger partial charge on any atom is -0.464 e. The van der Waals surface area contributed by atoms with Crippen molar-refractivity contribution in [3.05, 3.63) is 35.4 Å². The third-order valence-corrected chi connectivity index (χ3v) is 2.40. The van der Waals surface area contributed by atoms with Crippen molar-refractivity contribution in [2.75, 3.05) is 6.61 Å². The first-order valence-electron chi connectivity index (χ1n) is 5.83. The van der Waals surface area contributed by atoms with Gasteiger partial charge >= 0.3 is 5.97 Å². The summed E-state index contributed by atoms with van der Waals surface area (Å²) in [5.41, 5.74) is 5.62. The van der Waals surface area contributed by atoms with E-state index in [4.69, 9.17) is 10.5 Å². The molecule has 1 rings (SSSR count). The monoisotopic (exact) mass is 264 g/mol. The summed E-state index contributed by atoms with van der Waals surface area (Å²) in [6.45, 7) is 3.45. The molecule has 0 aliphatic heterocycles. The summed E-state index contributed by atoms with van der Waals surface area (Å²) in [5, 5.41) is 2.48. The van der Waals surface area contributed by atoms with Crippen LogP contribution in [0.15, 0.2) is 24.3 Å². The maximum atomic E-state index is 11.9. The summed E-state index contributed by atoms with van der Waals surface area (Å²) in [7, 11) is 0. The molecular formula is C13H16N2O4. The normalized spacial score (nSPS) is 11.5. The zero-order valence-corrected chi connectivity index (χ0v) is 10.8. The van der Waals surface area contributed by atoms with E-state index in [1.165, 1.54) is 25.1 Å². The summed E-state index contributed by atoms with van der Waals surface area (Å²) >= 11 is 0. The van der Waals surface area contributed by atoms with Gasteiger partial charge in [-0.15, -0.1) is 0 Å². The van der Waals surface area contributed by atoms with Crippen molar-refractivity contribution >= 4 is 17.8 Å². The third-order valence-electron chi connectivity index (χ3n) is 2.40. The van der Waals surface area contributed by atoms with E-state index in [9.17, 15) is 14.4 Å². The SMILES string of the molecule is CCOC(=O)C(C)NC(=O)c1cccc(C(N)=O)c1. The summed E-state index contributed by atoms with van der Waals surface area (Å²) in [6, 6.07) is 5.19. The Morgan fingerprint density at radius 1 is 1.32 bits per heavy atom. The van der Waals surface area contributed by atoms with Crippen molar-refractivity contribution in [3.8, 4) is 0 Å². The first kappa shape index (κ1) is 14.7. The van der Waals surface area contributed by atoms with Gasteiger partial charge in [0.25, 0.3) is 5.91 Å². The van der Waals surface area contributed by atoms with Crippen LogP contribution in [0.5, 0.6) is 0 Å². The van der Waals surface area contributed by atoms with Crippen LogP contribution in [0.2, 0.25) is 0 Å². The van der Waals surface area contributed by atoms with Gasteiger partial charge in [0.2, 0.25) is 5.91 Å². The smallest absolute Gasteiger partial charge is 0.328 e. The van der Waals surface area contributed by atoms with E-state index in [1.54, 1.807) is 13.0 Å². The molecule has 0 bridgehead atoms. The lowest BCUT2D eigenvalue weighted by Gasteiger charge is -2.12. The number of carbonyl (C=O) groups excluding carboxylic acids is 3. The number of nitrogens with two attached hydrogens (primary N) is 1. The highest BCUT2D eigenvalue weighted by Crippen LogP contribution is 2.05. The Morgan fingerprint density at radius 2 is 1.95 bits per heavy atom. The molecule has 6 heteroatoms. The average molecular weight is 264 g/mol. The Labute approximate surface area is 110 Å². The summed E-state index contributed by atoms with van der Waals surface area (Å²) in [4.78, 5) is 34.2. The summed E-state index contributed by atoms with van der Waals surface area (Å²) in [5.74, 6) is -1.60. The van der Waals surface area contributed by atoms with Crippen LogP contribution in [-0.4, -0.2) is 30.4 Å². The summed E-state index contributed by atoms with van der Waals surface area (Å²) in [6.07, 6.45) is 0. The lowest BCUT2D eigenvalue weighted by molar-refractivity contribution is -0.144. The largest absolute Gasteiger partial charge is 0.464 e. The molecular weight excluding hydrogens is 248 g/mol. The van der Waals surface area contributed by atoms with Gasteiger partial charge in [-0.25, -0.2) is 4.79 Å². The van der Waals surface area contributed by atoms with E-state index in [1.807, 2.05) is 0 Å². The molecule has 0 aromatic heterocycles. The van der Waals surface area contributed by atoms with E-state index < -0.39 is 23.8 Å². The van der Waals surface area contributed by atoms with Crippen molar-refractivity contribution in [2.24, 2.45) is 5.73 Å². The van der Waals surface area contributed by atoms with Crippen LogP contribution >= 0.6 is 0 Å². The molecule has 0 heterocycles. The quantitative estimate of drug-likeness (QED) is 0.755. The molecule has 0 aliphatic rings. The van der Waals surface area contributed by atoms with Crippen LogP contribution in [-0.2, 0) is 9.53 Å². The number of rotatable bonds is 5. The second-order valence-corrected chi connectivity index (χ2v) is 3.89. The van der Waals surface area contributed by atoms with Crippen molar-refractivity contribution in [2.45, 2.75) is 19.9 Å². The van der Waals surface area contributed by atoms with Crippen LogP contribution in [0.25, 0.3) is 0 Å². The highest BCUT2D eigenvalue weighted by atomic mass is 16.5. The van der Waals surface area contributed by atoms with Crippen LogP contribution in [0.1, 0.15) is 34.6 Å². The molecule has 19 heavy (non-hydrogen) atoms. The number of ether oxygens (including phenoxy) is 1. The number of benzene rings is 1. The number of nitrogens with one attached hydrogen (secondary N) is 1. The van der Waals surface area contributed by atoms with E-state index >= 15 is 0 Å². The Balaban J connectivity index is 2.75. The third kappa shape index (κ3) is 4.09. The fourth-order valence-corrected chi connectivity index (χ4v) is 1.42. The Kier molecular flexibility index (Phi) is 5.05. The molecule has 102 valence electrons. The van der Waals surface area contributed by atoms with E-state index in [-0.39, 0.29) is 17.7 Å². The van der Waals surface area contributed by atoms with E-state index in [0.29, 0.717) is 0 Å². The maximum absolute atomic E-state index is 11.9. The molecule has 0 saturated heterocycles. The zero-order chi connectivity index (χ0) is 14.4. The van der Waals surface area contributed by atoms with Crippen LogP contribution < -0.4 is 11.1 Å². The minimum absolute atomic E-state index is 0.233. The van der Waals surface area contributed by atoms with Crippen molar-refractivity contribution < 1.29 is 19.1 Å². The Morgan fingerprint density at radius 3 is 2.53 bits per heavy atom. The molecule has 1 aromatic carbocycles. The topological polar surface area (TPSA) is 98.5 Å². The van der Waals surface area contributed by atoms with E-state index in [2.05, 4.69) is 5.32 Å². The second kappa shape index (κ2) is 6.53. The van der Waals surface area contributed by atoms with E-state index in [0.717, 1.165) is 0 Å².